The molecule has 0 amide bonds. The van der Waals surface area contributed by atoms with Gasteiger partial charge in [-0.1, -0.05) is 67.5 Å². The first-order chi connectivity index (χ1) is 18.6. The van der Waals surface area contributed by atoms with Gasteiger partial charge in [0.2, 0.25) is 0 Å². The highest BCUT2D eigenvalue weighted by atomic mass is 16.5. The van der Waals surface area contributed by atoms with Crippen LogP contribution in [0, 0.1) is 17.3 Å². The van der Waals surface area contributed by atoms with Gasteiger partial charge in [-0.05, 0) is 114 Å². The van der Waals surface area contributed by atoms with Gasteiger partial charge in [-0.25, -0.2) is 9.59 Å². The molecule has 0 saturated heterocycles. The van der Waals surface area contributed by atoms with E-state index in [1.54, 1.807) is 0 Å². The van der Waals surface area contributed by atoms with Crippen LogP contribution in [0.3, 0.4) is 0 Å². The van der Waals surface area contributed by atoms with Gasteiger partial charge in [0, 0.05) is 0 Å². The Hall–Kier alpha value is -2.88. The van der Waals surface area contributed by atoms with Crippen molar-refractivity contribution in [1.29, 1.82) is 0 Å². The van der Waals surface area contributed by atoms with E-state index < -0.39 is 0 Å². The topological polar surface area (TPSA) is 52.6 Å². The molecule has 0 radical (unpaired) electrons. The fourth-order valence-electron chi connectivity index (χ4n) is 7.10. The first kappa shape index (κ1) is 29.1. The van der Waals surface area contributed by atoms with Crippen LogP contribution in [-0.2, 0) is 48.1 Å². The first-order valence-corrected chi connectivity index (χ1v) is 15.1. The Morgan fingerprint density at radius 3 is 1.33 bits per heavy atom. The zero-order valence-corrected chi connectivity index (χ0v) is 25.3. The van der Waals surface area contributed by atoms with Gasteiger partial charge in [-0.2, -0.15) is 0 Å². The lowest BCUT2D eigenvalue weighted by Crippen LogP contribution is -2.24. The quantitative estimate of drug-likeness (QED) is 0.231. The van der Waals surface area contributed by atoms with E-state index in [1.807, 2.05) is 12.1 Å². The van der Waals surface area contributed by atoms with Crippen molar-refractivity contribution < 1.29 is 19.1 Å². The first-order valence-electron chi connectivity index (χ1n) is 15.1. The summed E-state index contributed by atoms with van der Waals surface area (Å²) in [6.45, 7) is 17.1. The molecule has 1 fully saturated rings. The van der Waals surface area contributed by atoms with Crippen molar-refractivity contribution in [1.82, 2.24) is 0 Å². The van der Waals surface area contributed by atoms with Crippen LogP contribution in [0.2, 0.25) is 0 Å². The Morgan fingerprint density at radius 2 is 1.03 bits per heavy atom. The molecule has 2 aromatic rings. The summed E-state index contributed by atoms with van der Waals surface area (Å²) in [5.74, 6) is 0.467. The average Bonchev–Trinajstić information content (AvgIpc) is 3.36. The summed E-state index contributed by atoms with van der Waals surface area (Å²) in [6, 6.07) is 8.45. The SMILES string of the molecule is CCc1cc(CC)c(CC)c(OC(=O)C2=C(C(=O)Oc3cc(CC)cc(CC)c3CC)C3CCC2C3(C)C)c1. The Labute approximate surface area is 235 Å². The molecule has 0 aliphatic heterocycles. The fraction of sp³-hybridized carbons (Fsp3) is 0.543. The Kier molecular flexibility index (Phi) is 8.73. The zero-order chi connectivity index (χ0) is 28.5. The highest BCUT2D eigenvalue weighted by Crippen LogP contribution is 2.60. The Morgan fingerprint density at radius 1 is 0.641 bits per heavy atom. The zero-order valence-electron chi connectivity index (χ0n) is 25.3. The number of carbonyl (C=O) groups is 2. The van der Waals surface area contributed by atoms with Gasteiger partial charge in [-0.3, -0.25) is 0 Å². The molecule has 4 rings (SSSR count). The van der Waals surface area contributed by atoms with Crippen LogP contribution < -0.4 is 9.47 Å². The van der Waals surface area contributed by atoms with Crippen molar-refractivity contribution in [3.63, 3.8) is 0 Å². The predicted octanol–water partition coefficient (Wildman–Crippen LogP) is 7.93. The van der Waals surface area contributed by atoms with Crippen molar-refractivity contribution in [3.05, 3.63) is 68.8 Å². The van der Waals surface area contributed by atoms with Crippen LogP contribution in [0.4, 0.5) is 0 Å². The van der Waals surface area contributed by atoms with E-state index in [0.717, 1.165) is 73.6 Å². The molecule has 0 aromatic heterocycles. The van der Waals surface area contributed by atoms with Gasteiger partial charge < -0.3 is 9.47 Å². The lowest BCUT2D eigenvalue weighted by molar-refractivity contribution is -0.133. The highest BCUT2D eigenvalue weighted by molar-refractivity contribution is 6.04. The molecule has 39 heavy (non-hydrogen) atoms. The molecule has 2 aromatic carbocycles. The number of benzene rings is 2. The Bertz CT molecular complexity index is 1200. The number of aryl methyl sites for hydroxylation is 4. The minimum absolute atomic E-state index is 0.0125. The summed E-state index contributed by atoms with van der Waals surface area (Å²) in [4.78, 5) is 27.9. The molecule has 2 atom stereocenters. The molecule has 0 spiro atoms. The molecule has 2 unspecified atom stereocenters. The maximum absolute atomic E-state index is 14.0. The second kappa shape index (κ2) is 11.7. The number of ether oxygens (including phenoxy) is 2. The van der Waals surface area contributed by atoms with Crippen molar-refractivity contribution in [2.24, 2.45) is 17.3 Å². The van der Waals surface area contributed by atoms with Gasteiger partial charge in [0.05, 0.1) is 11.1 Å². The minimum Gasteiger partial charge on any atom is -0.423 e. The summed E-state index contributed by atoms with van der Waals surface area (Å²) >= 11 is 0. The molecule has 4 heteroatoms. The minimum atomic E-state index is -0.389. The predicted molar refractivity (Wildman–Crippen MR) is 157 cm³/mol. The Balaban J connectivity index is 1.76. The lowest BCUT2D eigenvalue weighted by Gasteiger charge is -2.25. The maximum Gasteiger partial charge on any atom is 0.340 e. The smallest absolute Gasteiger partial charge is 0.340 e. The van der Waals surface area contributed by atoms with Crippen molar-refractivity contribution in [2.75, 3.05) is 0 Å². The average molecular weight is 531 g/mol. The van der Waals surface area contributed by atoms with Crippen molar-refractivity contribution in [2.45, 2.75) is 107 Å². The molecule has 2 bridgehead atoms. The van der Waals surface area contributed by atoms with Crippen LogP contribution >= 0.6 is 0 Å². The second-order valence-corrected chi connectivity index (χ2v) is 11.7. The number of esters is 2. The number of fused-ring (bicyclic) bond motifs is 2. The monoisotopic (exact) mass is 530 g/mol. The third-order valence-electron chi connectivity index (χ3n) is 9.38. The van der Waals surface area contributed by atoms with Crippen LogP contribution in [0.5, 0.6) is 11.5 Å². The second-order valence-electron chi connectivity index (χ2n) is 11.7. The largest absolute Gasteiger partial charge is 0.423 e. The molecule has 1 saturated carbocycles. The van der Waals surface area contributed by atoms with Gasteiger partial charge in [0.15, 0.2) is 0 Å². The van der Waals surface area contributed by atoms with Crippen LogP contribution in [0.1, 0.15) is 102 Å². The third kappa shape index (κ3) is 5.19. The van der Waals surface area contributed by atoms with Crippen molar-refractivity contribution >= 4 is 11.9 Å². The van der Waals surface area contributed by atoms with Gasteiger partial charge >= 0.3 is 11.9 Å². The standard InChI is InChI=1S/C35H46O4/c1-9-21-17-23(11-3)25(13-5)29(19-21)38-33(36)31-27-15-16-28(35(27,7)8)32(31)34(37)39-30-20-22(10-2)18-24(12-4)26(30)14-6/h17-20,27-28H,9-16H2,1-8H3. The summed E-state index contributed by atoms with van der Waals surface area (Å²) in [5, 5.41) is 0. The summed E-state index contributed by atoms with van der Waals surface area (Å²) in [5.41, 5.74) is 7.77. The molecule has 0 heterocycles. The number of carbonyl (C=O) groups excluding carboxylic acids is 2. The normalized spacial score (nSPS) is 19.5. The number of hydrogen-bond donors (Lipinski definition) is 0. The lowest BCUT2D eigenvalue weighted by atomic mass is 9.79. The third-order valence-corrected chi connectivity index (χ3v) is 9.38. The molecule has 2 aliphatic carbocycles. The molecule has 4 nitrogen and oxygen atoms in total. The van der Waals surface area contributed by atoms with Gasteiger partial charge in [-0.15, -0.1) is 0 Å². The summed E-state index contributed by atoms with van der Waals surface area (Å²) in [7, 11) is 0. The van der Waals surface area contributed by atoms with Gasteiger partial charge in [0.25, 0.3) is 0 Å². The fourth-order valence-corrected chi connectivity index (χ4v) is 7.10. The highest BCUT2D eigenvalue weighted by Gasteiger charge is 2.57. The van der Waals surface area contributed by atoms with Gasteiger partial charge in [0.1, 0.15) is 11.5 Å². The number of hydrogen-bond acceptors (Lipinski definition) is 4. The molecule has 0 N–H and O–H groups in total. The van der Waals surface area contributed by atoms with Crippen LogP contribution in [0.15, 0.2) is 35.4 Å². The van der Waals surface area contributed by atoms with E-state index in [0.29, 0.717) is 22.6 Å². The molecular weight excluding hydrogens is 484 g/mol. The van der Waals surface area contributed by atoms with E-state index >= 15 is 0 Å². The van der Waals surface area contributed by atoms with Crippen molar-refractivity contribution in [3.8, 4) is 11.5 Å². The maximum atomic E-state index is 14.0. The molecular formula is C35H46O4. The summed E-state index contributed by atoms with van der Waals surface area (Å²) in [6.07, 6.45) is 6.86. The van der Waals surface area contributed by atoms with E-state index in [1.165, 1.54) is 11.1 Å². The summed E-state index contributed by atoms with van der Waals surface area (Å²) < 4.78 is 12.4. The van der Waals surface area contributed by atoms with Crippen LogP contribution in [0.25, 0.3) is 0 Å². The molecule has 210 valence electrons. The van der Waals surface area contributed by atoms with E-state index in [4.69, 9.17) is 9.47 Å². The van der Waals surface area contributed by atoms with E-state index in [2.05, 4.69) is 67.5 Å². The molecule has 2 aliphatic rings. The van der Waals surface area contributed by atoms with Crippen LogP contribution in [-0.4, -0.2) is 11.9 Å². The van der Waals surface area contributed by atoms with E-state index in [9.17, 15) is 9.59 Å². The van der Waals surface area contributed by atoms with E-state index in [-0.39, 0.29) is 29.2 Å². The number of rotatable bonds is 10.